The Hall–Kier alpha value is -2.60. The van der Waals surface area contributed by atoms with Gasteiger partial charge in [0, 0.05) is 23.6 Å². The van der Waals surface area contributed by atoms with E-state index < -0.39 is 0 Å². The predicted molar refractivity (Wildman–Crippen MR) is 104 cm³/mol. The zero-order chi connectivity index (χ0) is 18.7. The van der Waals surface area contributed by atoms with E-state index in [1.807, 2.05) is 61.9 Å². The van der Waals surface area contributed by atoms with Gasteiger partial charge >= 0.3 is 0 Å². The lowest BCUT2D eigenvalue weighted by Gasteiger charge is -2.11. The third kappa shape index (κ3) is 3.51. The Labute approximate surface area is 157 Å². The van der Waals surface area contributed by atoms with E-state index in [2.05, 4.69) is 0 Å². The first-order chi connectivity index (χ1) is 12.5. The number of nitrogens with zero attached hydrogens (tertiary/aromatic N) is 2. The standard InChI is InChI=1S/C20H22N2O3S/c1-5-24-17-10-9-15(12-18(17)25-6-2)20-21-19(14(4)26-20)22-11-7-8-16(22)13(3)23/h7-12H,5-6H2,1-4H3. The Morgan fingerprint density at radius 1 is 1.15 bits per heavy atom. The number of hydrogen-bond acceptors (Lipinski definition) is 5. The first-order valence-electron chi connectivity index (χ1n) is 8.61. The molecule has 0 saturated carbocycles. The van der Waals surface area contributed by atoms with Gasteiger partial charge in [-0.15, -0.1) is 11.3 Å². The fraction of sp³-hybridized carbons (Fsp3) is 0.300. The molecule has 0 radical (unpaired) electrons. The van der Waals surface area contributed by atoms with Crippen molar-refractivity contribution in [2.45, 2.75) is 27.7 Å². The minimum atomic E-state index is 0.0173. The lowest BCUT2D eigenvalue weighted by atomic mass is 10.2. The number of hydrogen-bond donors (Lipinski definition) is 0. The van der Waals surface area contributed by atoms with Crippen LogP contribution >= 0.6 is 11.3 Å². The molecule has 0 atom stereocenters. The lowest BCUT2D eigenvalue weighted by molar-refractivity contribution is 0.101. The van der Waals surface area contributed by atoms with Crippen molar-refractivity contribution in [3.8, 4) is 27.9 Å². The molecule has 5 nitrogen and oxygen atoms in total. The van der Waals surface area contributed by atoms with Gasteiger partial charge in [-0.2, -0.15) is 0 Å². The molecule has 0 fully saturated rings. The van der Waals surface area contributed by atoms with Crippen LogP contribution in [0.1, 0.15) is 36.1 Å². The number of rotatable bonds is 7. The Kier molecular flexibility index (Phi) is 5.42. The highest BCUT2D eigenvalue weighted by molar-refractivity contribution is 7.15. The molecule has 0 N–H and O–H groups in total. The quantitative estimate of drug-likeness (QED) is 0.555. The molecule has 6 heteroatoms. The van der Waals surface area contributed by atoms with Gasteiger partial charge in [0.25, 0.3) is 0 Å². The van der Waals surface area contributed by atoms with E-state index in [-0.39, 0.29) is 5.78 Å². The maximum absolute atomic E-state index is 11.8. The second-order valence-electron chi connectivity index (χ2n) is 5.75. The summed E-state index contributed by atoms with van der Waals surface area (Å²) >= 11 is 1.59. The van der Waals surface area contributed by atoms with Crippen molar-refractivity contribution in [1.29, 1.82) is 0 Å². The number of aromatic nitrogens is 2. The van der Waals surface area contributed by atoms with Crippen LogP contribution in [0.25, 0.3) is 16.4 Å². The van der Waals surface area contributed by atoms with E-state index in [1.54, 1.807) is 18.3 Å². The maximum atomic E-state index is 11.8. The summed E-state index contributed by atoms with van der Waals surface area (Å²) < 4.78 is 13.2. The monoisotopic (exact) mass is 370 g/mol. The van der Waals surface area contributed by atoms with Crippen LogP contribution in [0.4, 0.5) is 0 Å². The van der Waals surface area contributed by atoms with E-state index in [4.69, 9.17) is 14.5 Å². The van der Waals surface area contributed by atoms with Crippen LogP contribution in [0.15, 0.2) is 36.5 Å². The average molecular weight is 370 g/mol. The lowest BCUT2D eigenvalue weighted by Crippen LogP contribution is -2.04. The highest BCUT2D eigenvalue weighted by Crippen LogP contribution is 2.36. The molecule has 0 aliphatic carbocycles. The van der Waals surface area contributed by atoms with Gasteiger partial charge in [0.15, 0.2) is 23.1 Å². The van der Waals surface area contributed by atoms with Crippen LogP contribution in [0.5, 0.6) is 11.5 Å². The summed E-state index contributed by atoms with van der Waals surface area (Å²) in [5, 5.41) is 0.879. The van der Waals surface area contributed by atoms with Gasteiger partial charge in [-0.05, 0) is 51.1 Å². The maximum Gasteiger partial charge on any atom is 0.176 e. The number of carbonyl (C=O) groups excluding carboxylic acids is 1. The smallest absolute Gasteiger partial charge is 0.176 e. The average Bonchev–Trinajstić information content (AvgIpc) is 3.23. The molecule has 0 unspecified atom stereocenters. The molecule has 1 aromatic carbocycles. The molecular weight excluding hydrogens is 348 g/mol. The van der Waals surface area contributed by atoms with Crippen molar-refractivity contribution >= 4 is 17.1 Å². The zero-order valence-electron chi connectivity index (χ0n) is 15.4. The van der Waals surface area contributed by atoms with Crippen molar-refractivity contribution < 1.29 is 14.3 Å². The van der Waals surface area contributed by atoms with Crippen molar-refractivity contribution in [2.75, 3.05) is 13.2 Å². The summed E-state index contributed by atoms with van der Waals surface area (Å²) in [7, 11) is 0. The second kappa shape index (κ2) is 7.74. The van der Waals surface area contributed by atoms with Crippen molar-refractivity contribution in [3.63, 3.8) is 0 Å². The summed E-state index contributed by atoms with van der Waals surface area (Å²) in [4.78, 5) is 17.7. The van der Waals surface area contributed by atoms with E-state index in [0.29, 0.717) is 24.7 Å². The first-order valence-corrected chi connectivity index (χ1v) is 9.42. The van der Waals surface area contributed by atoms with Crippen LogP contribution in [0.2, 0.25) is 0 Å². The predicted octanol–water partition coefficient (Wildman–Crippen LogP) is 4.91. The highest BCUT2D eigenvalue weighted by Gasteiger charge is 2.16. The van der Waals surface area contributed by atoms with Crippen LogP contribution in [0.3, 0.4) is 0 Å². The fourth-order valence-corrected chi connectivity index (χ4v) is 3.67. The van der Waals surface area contributed by atoms with Crippen molar-refractivity contribution in [3.05, 3.63) is 47.1 Å². The van der Waals surface area contributed by atoms with E-state index in [1.165, 1.54) is 0 Å². The van der Waals surface area contributed by atoms with E-state index in [9.17, 15) is 4.79 Å². The summed E-state index contributed by atoms with van der Waals surface area (Å²) in [6.07, 6.45) is 1.87. The SMILES string of the molecule is CCOc1ccc(-c2nc(-n3cccc3C(C)=O)c(C)s2)cc1OCC. The Morgan fingerprint density at radius 3 is 2.58 bits per heavy atom. The zero-order valence-corrected chi connectivity index (χ0v) is 16.2. The van der Waals surface area contributed by atoms with Gasteiger partial charge < -0.3 is 9.47 Å². The Balaban J connectivity index is 2.02. The first kappa shape index (κ1) is 18.2. The molecule has 26 heavy (non-hydrogen) atoms. The number of benzene rings is 1. The molecule has 0 amide bonds. The van der Waals surface area contributed by atoms with Crippen molar-refractivity contribution in [2.24, 2.45) is 0 Å². The van der Waals surface area contributed by atoms with Crippen LogP contribution < -0.4 is 9.47 Å². The molecule has 2 aromatic heterocycles. The molecule has 0 bridgehead atoms. The summed E-state index contributed by atoms with van der Waals surface area (Å²) in [6, 6.07) is 9.52. The van der Waals surface area contributed by atoms with Crippen LogP contribution in [-0.4, -0.2) is 28.5 Å². The Bertz CT molecular complexity index is 927. The number of ketones is 1. The van der Waals surface area contributed by atoms with Gasteiger partial charge in [-0.25, -0.2) is 4.98 Å². The summed E-state index contributed by atoms with van der Waals surface area (Å²) in [5.74, 6) is 2.25. The van der Waals surface area contributed by atoms with Gasteiger partial charge in [0.05, 0.1) is 18.9 Å². The van der Waals surface area contributed by atoms with Gasteiger partial charge in [-0.1, -0.05) is 0 Å². The highest BCUT2D eigenvalue weighted by atomic mass is 32.1. The number of ether oxygens (including phenoxy) is 2. The molecular formula is C20H22N2O3S. The Morgan fingerprint density at radius 2 is 1.88 bits per heavy atom. The van der Waals surface area contributed by atoms with Gasteiger partial charge in [0.1, 0.15) is 5.01 Å². The van der Waals surface area contributed by atoms with Gasteiger partial charge in [-0.3, -0.25) is 9.36 Å². The van der Waals surface area contributed by atoms with Gasteiger partial charge in [0.2, 0.25) is 0 Å². The topological polar surface area (TPSA) is 53.4 Å². The molecule has 0 aliphatic heterocycles. The van der Waals surface area contributed by atoms with E-state index >= 15 is 0 Å². The van der Waals surface area contributed by atoms with Crippen LogP contribution in [-0.2, 0) is 0 Å². The largest absolute Gasteiger partial charge is 0.490 e. The molecule has 136 valence electrons. The number of thiazole rings is 1. The normalized spacial score (nSPS) is 10.8. The second-order valence-corrected chi connectivity index (χ2v) is 6.95. The summed E-state index contributed by atoms with van der Waals surface area (Å²) in [5.41, 5.74) is 1.60. The molecule has 0 saturated heterocycles. The molecule has 3 rings (SSSR count). The molecule has 3 aromatic rings. The van der Waals surface area contributed by atoms with Crippen LogP contribution in [0, 0.1) is 6.92 Å². The fourth-order valence-electron chi connectivity index (χ4n) is 2.77. The number of Topliss-reactive ketones (excluding diaryl/α,β-unsaturated/α-hetero) is 1. The van der Waals surface area contributed by atoms with E-state index in [0.717, 1.165) is 27.0 Å². The minimum Gasteiger partial charge on any atom is -0.490 e. The third-order valence-corrected chi connectivity index (χ3v) is 4.91. The molecule has 0 spiro atoms. The molecule has 0 aliphatic rings. The van der Waals surface area contributed by atoms with Crippen molar-refractivity contribution in [1.82, 2.24) is 9.55 Å². The molecule has 2 heterocycles. The number of aryl methyl sites for hydroxylation is 1. The number of carbonyl (C=O) groups is 1. The minimum absolute atomic E-state index is 0.0173. The summed E-state index contributed by atoms with van der Waals surface area (Å²) in [6.45, 7) is 8.62. The third-order valence-electron chi connectivity index (χ3n) is 3.90.